The fourth-order valence-corrected chi connectivity index (χ4v) is 2.03. The molecular formula is C13H8BrClF2O. The molecule has 0 heterocycles. The summed E-state index contributed by atoms with van der Waals surface area (Å²) in [6.07, 6.45) is 0. The number of rotatable bonds is 3. The van der Waals surface area contributed by atoms with Crippen LogP contribution in [0.4, 0.5) is 8.78 Å². The van der Waals surface area contributed by atoms with Crippen molar-refractivity contribution in [1.82, 2.24) is 0 Å². The average molecular weight is 334 g/mol. The van der Waals surface area contributed by atoms with Gasteiger partial charge in [-0.25, -0.2) is 8.78 Å². The molecule has 0 fully saturated rings. The molecule has 0 bridgehead atoms. The van der Waals surface area contributed by atoms with E-state index in [0.717, 1.165) is 0 Å². The van der Waals surface area contributed by atoms with E-state index in [1.54, 1.807) is 6.07 Å². The minimum absolute atomic E-state index is 0.193. The molecule has 0 saturated carbocycles. The third-order valence-electron chi connectivity index (χ3n) is 2.21. The average Bonchev–Trinajstić information content (AvgIpc) is 2.32. The van der Waals surface area contributed by atoms with Crippen LogP contribution in [0, 0.1) is 11.6 Å². The van der Waals surface area contributed by atoms with Crippen molar-refractivity contribution in [3.05, 3.63) is 58.1 Å². The Morgan fingerprint density at radius 3 is 2.50 bits per heavy atom. The number of benzene rings is 2. The van der Waals surface area contributed by atoms with Gasteiger partial charge in [0.05, 0.1) is 4.47 Å². The van der Waals surface area contributed by atoms with Crippen LogP contribution < -0.4 is 4.74 Å². The number of hydrogen-bond donors (Lipinski definition) is 0. The molecule has 2 rings (SSSR count). The highest BCUT2D eigenvalue weighted by molar-refractivity contribution is 9.10. The van der Waals surface area contributed by atoms with Gasteiger partial charge in [-0.15, -0.1) is 11.6 Å². The molecule has 0 amide bonds. The highest BCUT2D eigenvalue weighted by Gasteiger charge is 2.06. The van der Waals surface area contributed by atoms with E-state index in [1.165, 1.54) is 30.3 Å². The first kappa shape index (κ1) is 13.3. The molecule has 0 aliphatic carbocycles. The fourth-order valence-electron chi connectivity index (χ4n) is 1.44. The second-order valence-electron chi connectivity index (χ2n) is 3.61. The molecule has 18 heavy (non-hydrogen) atoms. The standard InChI is InChI=1S/C13H8BrClF2O/c14-12-6-9(16)1-2-13(12)18-11-4-8(7-15)3-10(17)5-11/h1-6H,7H2. The normalized spacial score (nSPS) is 10.4. The van der Waals surface area contributed by atoms with Crippen molar-refractivity contribution >= 4 is 27.5 Å². The lowest BCUT2D eigenvalue weighted by molar-refractivity contribution is 0.471. The van der Waals surface area contributed by atoms with Crippen molar-refractivity contribution in [2.75, 3.05) is 0 Å². The predicted molar refractivity (Wildman–Crippen MR) is 70.1 cm³/mol. The molecule has 2 aromatic rings. The van der Waals surface area contributed by atoms with Crippen molar-refractivity contribution in [3.63, 3.8) is 0 Å². The van der Waals surface area contributed by atoms with Crippen molar-refractivity contribution in [2.45, 2.75) is 5.88 Å². The van der Waals surface area contributed by atoms with Gasteiger partial charge in [0, 0.05) is 11.9 Å². The van der Waals surface area contributed by atoms with Crippen LogP contribution >= 0.6 is 27.5 Å². The molecule has 2 aromatic carbocycles. The Morgan fingerprint density at radius 1 is 1.06 bits per heavy atom. The lowest BCUT2D eigenvalue weighted by Gasteiger charge is -2.09. The first-order chi connectivity index (χ1) is 8.58. The van der Waals surface area contributed by atoms with Crippen LogP contribution in [0.2, 0.25) is 0 Å². The van der Waals surface area contributed by atoms with Gasteiger partial charge >= 0.3 is 0 Å². The lowest BCUT2D eigenvalue weighted by Crippen LogP contribution is -1.90. The van der Waals surface area contributed by atoms with Gasteiger partial charge in [0.25, 0.3) is 0 Å². The van der Waals surface area contributed by atoms with Gasteiger partial charge in [0.15, 0.2) is 0 Å². The first-order valence-electron chi connectivity index (χ1n) is 5.07. The maximum atomic E-state index is 13.3. The van der Waals surface area contributed by atoms with Crippen molar-refractivity contribution in [2.24, 2.45) is 0 Å². The van der Waals surface area contributed by atoms with E-state index in [1.807, 2.05) is 0 Å². The summed E-state index contributed by atoms with van der Waals surface area (Å²) in [6.45, 7) is 0. The smallest absolute Gasteiger partial charge is 0.141 e. The summed E-state index contributed by atoms with van der Waals surface area (Å²) in [6, 6.07) is 8.21. The second kappa shape index (κ2) is 5.67. The molecule has 0 aliphatic rings. The third kappa shape index (κ3) is 3.21. The summed E-state index contributed by atoms with van der Waals surface area (Å²) in [4.78, 5) is 0. The SMILES string of the molecule is Fc1cc(CCl)cc(Oc2ccc(F)cc2Br)c1. The van der Waals surface area contributed by atoms with E-state index in [4.69, 9.17) is 16.3 Å². The summed E-state index contributed by atoms with van der Waals surface area (Å²) in [5, 5.41) is 0. The van der Waals surface area contributed by atoms with Gasteiger partial charge in [-0.2, -0.15) is 0 Å². The number of halogens is 4. The van der Waals surface area contributed by atoms with Crippen LogP contribution in [0.3, 0.4) is 0 Å². The van der Waals surface area contributed by atoms with Gasteiger partial charge in [-0.3, -0.25) is 0 Å². The van der Waals surface area contributed by atoms with Crippen molar-refractivity contribution in [3.8, 4) is 11.5 Å². The molecule has 5 heteroatoms. The Labute approximate surface area is 116 Å². The molecule has 0 unspecified atom stereocenters. The molecule has 0 radical (unpaired) electrons. The molecule has 0 spiro atoms. The quantitative estimate of drug-likeness (QED) is 0.696. The second-order valence-corrected chi connectivity index (χ2v) is 4.73. The van der Waals surface area contributed by atoms with Crippen molar-refractivity contribution < 1.29 is 13.5 Å². The fraction of sp³-hybridized carbons (Fsp3) is 0.0769. The van der Waals surface area contributed by atoms with E-state index in [0.29, 0.717) is 21.5 Å². The summed E-state index contributed by atoms with van der Waals surface area (Å²) < 4.78 is 32.1. The van der Waals surface area contributed by atoms with Gasteiger partial charge in [-0.05, 0) is 51.8 Å². The zero-order valence-corrected chi connectivity index (χ0v) is 11.4. The molecule has 94 valence electrons. The third-order valence-corrected chi connectivity index (χ3v) is 3.14. The van der Waals surface area contributed by atoms with E-state index < -0.39 is 5.82 Å². The van der Waals surface area contributed by atoms with E-state index >= 15 is 0 Å². The molecule has 1 nitrogen and oxygen atoms in total. The maximum absolute atomic E-state index is 13.3. The van der Waals surface area contributed by atoms with Crippen LogP contribution in [0.15, 0.2) is 40.9 Å². The molecule has 0 aliphatic heterocycles. The van der Waals surface area contributed by atoms with Crippen molar-refractivity contribution in [1.29, 1.82) is 0 Å². The zero-order chi connectivity index (χ0) is 13.1. The minimum atomic E-state index is -0.429. The number of hydrogen-bond acceptors (Lipinski definition) is 1. The minimum Gasteiger partial charge on any atom is -0.456 e. The summed E-state index contributed by atoms with van der Waals surface area (Å²) in [7, 11) is 0. The van der Waals surface area contributed by atoms with Crippen LogP contribution in [-0.2, 0) is 5.88 Å². The highest BCUT2D eigenvalue weighted by atomic mass is 79.9. The Balaban J connectivity index is 2.30. The van der Waals surface area contributed by atoms with Crippen LogP contribution in [0.5, 0.6) is 11.5 Å². The zero-order valence-electron chi connectivity index (χ0n) is 9.09. The molecule has 0 atom stereocenters. The van der Waals surface area contributed by atoms with E-state index in [9.17, 15) is 8.78 Å². The Bertz CT molecular complexity index is 575. The Kier molecular flexibility index (Phi) is 4.19. The lowest BCUT2D eigenvalue weighted by atomic mass is 10.2. The van der Waals surface area contributed by atoms with Gasteiger partial charge < -0.3 is 4.74 Å². The molecule has 0 N–H and O–H groups in total. The topological polar surface area (TPSA) is 9.23 Å². The molecular weight excluding hydrogens is 325 g/mol. The van der Waals surface area contributed by atoms with Crippen LogP contribution in [-0.4, -0.2) is 0 Å². The number of alkyl halides is 1. The molecule has 0 saturated heterocycles. The van der Waals surface area contributed by atoms with Gasteiger partial charge in [0.2, 0.25) is 0 Å². The molecule has 0 aromatic heterocycles. The van der Waals surface area contributed by atoms with E-state index in [2.05, 4.69) is 15.9 Å². The summed E-state index contributed by atoms with van der Waals surface area (Å²) in [5.41, 5.74) is 0.616. The van der Waals surface area contributed by atoms with Crippen LogP contribution in [0.25, 0.3) is 0 Å². The monoisotopic (exact) mass is 332 g/mol. The summed E-state index contributed by atoms with van der Waals surface area (Å²) in [5.74, 6) is 0.107. The van der Waals surface area contributed by atoms with Gasteiger partial charge in [-0.1, -0.05) is 0 Å². The Morgan fingerprint density at radius 2 is 1.83 bits per heavy atom. The highest BCUT2D eigenvalue weighted by Crippen LogP contribution is 2.31. The van der Waals surface area contributed by atoms with E-state index in [-0.39, 0.29) is 11.7 Å². The number of ether oxygens (including phenoxy) is 1. The van der Waals surface area contributed by atoms with Crippen LogP contribution in [0.1, 0.15) is 5.56 Å². The summed E-state index contributed by atoms with van der Waals surface area (Å²) >= 11 is 8.82. The Hall–Kier alpha value is -1.13. The van der Waals surface area contributed by atoms with Gasteiger partial charge in [0.1, 0.15) is 23.1 Å². The maximum Gasteiger partial charge on any atom is 0.141 e. The largest absolute Gasteiger partial charge is 0.456 e. The first-order valence-corrected chi connectivity index (χ1v) is 6.39. The predicted octanol–water partition coefficient (Wildman–Crippen LogP) is 5.26.